The summed E-state index contributed by atoms with van der Waals surface area (Å²) in [6, 6.07) is 13.6. The largest absolute Gasteiger partial charge is 0.366 e. The van der Waals surface area contributed by atoms with Gasteiger partial charge < -0.3 is 16.4 Å². The van der Waals surface area contributed by atoms with Crippen LogP contribution in [0.2, 0.25) is 0 Å². The van der Waals surface area contributed by atoms with Crippen LogP contribution in [0.15, 0.2) is 53.0 Å². The molecule has 27 heavy (non-hydrogen) atoms. The van der Waals surface area contributed by atoms with Gasteiger partial charge in [0.05, 0.1) is 13.1 Å². The van der Waals surface area contributed by atoms with Gasteiger partial charge in [-0.15, -0.1) is 0 Å². The Morgan fingerprint density at radius 1 is 0.889 bits per heavy atom. The lowest BCUT2D eigenvalue weighted by molar-refractivity contribution is -0.119. The van der Waals surface area contributed by atoms with E-state index in [1.54, 1.807) is 41.3 Å². The number of likely N-dealkylation sites (N-methyl/N-ethyl adjacent to an activating group) is 1. The van der Waals surface area contributed by atoms with E-state index >= 15 is 0 Å². The first-order chi connectivity index (χ1) is 12.9. The quantitative estimate of drug-likeness (QED) is 0.595. The fourth-order valence-electron chi connectivity index (χ4n) is 2.34. The van der Waals surface area contributed by atoms with Crippen LogP contribution in [0, 0.1) is 0 Å². The number of anilines is 2. The van der Waals surface area contributed by atoms with Crippen molar-refractivity contribution in [2.24, 2.45) is 5.73 Å². The molecule has 3 amide bonds. The highest BCUT2D eigenvalue weighted by atomic mass is 79.9. The zero-order valence-electron chi connectivity index (χ0n) is 14.9. The maximum absolute atomic E-state index is 12.2. The molecule has 7 nitrogen and oxygen atoms in total. The smallest absolute Gasteiger partial charge is 0.248 e. The Hall–Kier alpha value is -2.71. The molecule has 2 aromatic carbocycles. The van der Waals surface area contributed by atoms with Crippen LogP contribution in [0.3, 0.4) is 0 Å². The van der Waals surface area contributed by atoms with Crippen molar-refractivity contribution < 1.29 is 14.4 Å². The van der Waals surface area contributed by atoms with E-state index in [1.807, 2.05) is 19.1 Å². The van der Waals surface area contributed by atoms with Crippen LogP contribution in [-0.4, -0.2) is 42.3 Å². The molecule has 0 unspecified atom stereocenters. The van der Waals surface area contributed by atoms with Crippen molar-refractivity contribution in [3.05, 3.63) is 58.6 Å². The molecule has 2 aromatic rings. The molecule has 0 radical (unpaired) electrons. The first-order valence-electron chi connectivity index (χ1n) is 8.35. The summed E-state index contributed by atoms with van der Waals surface area (Å²) in [5, 5.41) is 5.53. The predicted molar refractivity (Wildman–Crippen MR) is 108 cm³/mol. The topological polar surface area (TPSA) is 105 Å². The van der Waals surface area contributed by atoms with Crippen molar-refractivity contribution in [3.63, 3.8) is 0 Å². The third kappa shape index (κ3) is 6.84. The average Bonchev–Trinajstić information content (AvgIpc) is 2.63. The highest BCUT2D eigenvalue weighted by Crippen LogP contribution is 2.14. The number of amides is 3. The fourth-order valence-corrected chi connectivity index (χ4v) is 2.60. The zero-order chi connectivity index (χ0) is 19.8. The molecule has 0 saturated carbocycles. The standard InChI is InChI=1S/C19H21BrN4O3/c1-2-24(12-18(26)23-16-9-5-14(20)6-10-16)11-17(25)22-15-7-3-13(4-8-15)19(21)27/h3-10H,2,11-12H2,1H3,(H2,21,27)(H,22,25)(H,23,26). The molecule has 0 spiro atoms. The average molecular weight is 433 g/mol. The predicted octanol–water partition coefficient (Wildman–Crippen LogP) is 2.45. The number of primary amides is 1. The maximum Gasteiger partial charge on any atom is 0.248 e. The van der Waals surface area contributed by atoms with Crippen molar-refractivity contribution in [1.82, 2.24) is 4.90 Å². The molecule has 4 N–H and O–H groups in total. The second-order valence-corrected chi connectivity index (χ2v) is 6.76. The molecule has 0 aliphatic heterocycles. The van der Waals surface area contributed by atoms with Crippen molar-refractivity contribution >= 4 is 45.0 Å². The summed E-state index contributed by atoms with van der Waals surface area (Å²) < 4.78 is 0.927. The van der Waals surface area contributed by atoms with E-state index in [2.05, 4.69) is 26.6 Å². The number of hydrogen-bond acceptors (Lipinski definition) is 4. The number of halogens is 1. The molecule has 0 heterocycles. The summed E-state index contributed by atoms with van der Waals surface area (Å²) in [5.41, 5.74) is 6.80. The minimum atomic E-state index is -0.526. The Kier molecular flexibility index (Phi) is 7.51. The molecule has 0 aliphatic rings. The van der Waals surface area contributed by atoms with Gasteiger partial charge in [0, 0.05) is 21.4 Å². The van der Waals surface area contributed by atoms with Crippen LogP contribution in [0.4, 0.5) is 11.4 Å². The van der Waals surface area contributed by atoms with Crippen LogP contribution in [0.1, 0.15) is 17.3 Å². The van der Waals surface area contributed by atoms with E-state index in [9.17, 15) is 14.4 Å². The van der Waals surface area contributed by atoms with Crippen molar-refractivity contribution in [3.8, 4) is 0 Å². The third-order valence-corrected chi connectivity index (χ3v) is 4.29. The Balaban J connectivity index is 1.85. The molecule has 0 bridgehead atoms. The number of benzene rings is 2. The van der Waals surface area contributed by atoms with Crippen LogP contribution < -0.4 is 16.4 Å². The number of carbonyl (C=O) groups excluding carboxylic acids is 3. The first kappa shape index (κ1) is 20.6. The van der Waals surface area contributed by atoms with Crippen molar-refractivity contribution in [2.45, 2.75) is 6.92 Å². The number of carbonyl (C=O) groups is 3. The minimum absolute atomic E-state index is 0.0713. The molecule has 0 aliphatic carbocycles. The minimum Gasteiger partial charge on any atom is -0.366 e. The lowest BCUT2D eigenvalue weighted by atomic mass is 10.2. The number of nitrogens with one attached hydrogen (secondary N) is 2. The fraction of sp³-hybridized carbons (Fsp3) is 0.211. The second-order valence-electron chi connectivity index (χ2n) is 5.85. The van der Waals surface area contributed by atoms with E-state index in [1.165, 1.54) is 0 Å². The number of nitrogens with two attached hydrogens (primary N) is 1. The number of hydrogen-bond donors (Lipinski definition) is 3. The lowest BCUT2D eigenvalue weighted by Gasteiger charge is -2.19. The van der Waals surface area contributed by atoms with Gasteiger partial charge in [0.15, 0.2) is 0 Å². The summed E-state index contributed by atoms with van der Waals surface area (Å²) >= 11 is 3.34. The van der Waals surface area contributed by atoms with Crippen LogP contribution in [0.25, 0.3) is 0 Å². The van der Waals surface area contributed by atoms with E-state index in [0.29, 0.717) is 23.5 Å². The molecular formula is C19H21BrN4O3. The van der Waals surface area contributed by atoms with Gasteiger partial charge in [0.1, 0.15) is 0 Å². The van der Waals surface area contributed by atoms with Gasteiger partial charge in [-0.2, -0.15) is 0 Å². The molecule has 2 rings (SSSR count). The van der Waals surface area contributed by atoms with Gasteiger partial charge in [-0.25, -0.2) is 0 Å². The normalized spacial score (nSPS) is 10.5. The molecule has 0 aromatic heterocycles. The summed E-state index contributed by atoms with van der Waals surface area (Å²) in [5.74, 6) is -0.972. The van der Waals surface area contributed by atoms with Gasteiger partial charge in [-0.3, -0.25) is 19.3 Å². The first-order valence-corrected chi connectivity index (χ1v) is 9.14. The monoisotopic (exact) mass is 432 g/mol. The summed E-state index contributed by atoms with van der Waals surface area (Å²) in [4.78, 5) is 37.1. The molecule has 142 valence electrons. The maximum atomic E-state index is 12.2. The Bertz CT molecular complexity index is 807. The molecule has 0 fully saturated rings. The summed E-state index contributed by atoms with van der Waals surface area (Å²) in [6.45, 7) is 2.59. The van der Waals surface area contributed by atoms with Crippen LogP contribution in [-0.2, 0) is 9.59 Å². The number of rotatable bonds is 8. The van der Waals surface area contributed by atoms with Crippen LogP contribution in [0.5, 0.6) is 0 Å². The van der Waals surface area contributed by atoms with Gasteiger partial charge >= 0.3 is 0 Å². The van der Waals surface area contributed by atoms with Crippen molar-refractivity contribution in [1.29, 1.82) is 0 Å². The van der Waals surface area contributed by atoms with Gasteiger partial charge in [0.2, 0.25) is 17.7 Å². The zero-order valence-corrected chi connectivity index (χ0v) is 16.5. The SMILES string of the molecule is CCN(CC(=O)Nc1ccc(Br)cc1)CC(=O)Nc1ccc(C(N)=O)cc1. The molecular weight excluding hydrogens is 412 g/mol. The van der Waals surface area contributed by atoms with Gasteiger partial charge in [-0.05, 0) is 55.1 Å². The van der Waals surface area contributed by atoms with E-state index in [4.69, 9.17) is 5.73 Å². The van der Waals surface area contributed by atoms with Gasteiger partial charge in [0.25, 0.3) is 0 Å². The summed E-state index contributed by atoms with van der Waals surface area (Å²) in [6.07, 6.45) is 0. The molecule has 8 heteroatoms. The molecule has 0 saturated heterocycles. The van der Waals surface area contributed by atoms with E-state index in [0.717, 1.165) is 4.47 Å². The highest BCUT2D eigenvalue weighted by molar-refractivity contribution is 9.10. The van der Waals surface area contributed by atoms with Crippen LogP contribution >= 0.6 is 15.9 Å². The Morgan fingerprint density at radius 3 is 1.74 bits per heavy atom. The Labute approximate surface area is 166 Å². The molecule has 0 atom stereocenters. The van der Waals surface area contributed by atoms with E-state index in [-0.39, 0.29) is 24.9 Å². The number of nitrogens with zero attached hydrogens (tertiary/aromatic N) is 1. The lowest BCUT2D eigenvalue weighted by Crippen LogP contribution is -2.38. The third-order valence-electron chi connectivity index (χ3n) is 3.76. The van der Waals surface area contributed by atoms with Gasteiger partial charge in [-0.1, -0.05) is 22.9 Å². The second kappa shape index (κ2) is 9.84. The highest BCUT2D eigenvalue weighted by Gasteiger charge is 2.14. The Morgan fingerprint density at radius 2 is 1.33 bits per heavy atom. The van der Waals surface area contributed by atoms with Crippen molar-refractivity contribution in [2.75, 3.05) is 30.3 Å². The summed E-state index contributed by atoms with van der Waals surface area (Å²) in [7, 11) is 0. The van der Waals surface area contributed by atoms with E-state index < -0.39 is 5.91 Å².